The van der Waals surface area contributed by atoms with Crippen LogP contribution in [0.2, 0.25) is 0 Å². The third kappa shape index (κ3) is 4.45. The number of rotatable bonds is 6. The number of hydrogen-bond acceptors (Lipinski definition) is 5. The Kier molecular flexibility index (Phi) is 5.37. The van der Waals surface area contributed by atoms with E-state index in [1.165, 1.54) is 0 Å². The molecular weight excluding hydrogens is 436 g/mol. The summed E-state index contributed by atoms with van der Waals surface area (Å²) in [6.07, 6.45) is 7.27. The molecule has 6 rings (SSSR count). The van der Waals surface area contributed by atoms with E-state index < -0.39 is 0 Å². The van der Waals surface area contributed by atoms with Gasteiger partial charge in [-0.05, 0) is 35.9 Å². The van der Waals surface area contributed by atoms with Crippen molar-refractivity contribution in [2.75, 3.05) is 0 Å². The fourth-order valence-electron chi connectivity index (χ4n) is 3.81. The van der Waals surface area contributed by atoms with Gasteiger partial charge in [0.15, 0.2) is 5.76 Å². The van der Waals surface area contributed by atoms with E-state index in [2.05, 4.69) is 27.2 Å². The molecule has 0 unspecified atom stereocenters. The Morgan fingerprint density at radius 2 is 1.43 bits per heavy atom. The van der Waals surface area contributed by atoms with Crippen LogP contribution in [0.5, 0.6) is 11.6 Å². The van der Waals surface area contributed by atoms with Gasteiger partial charge in [0.1, 0.15) is 5.75 Å². The normalized spacial score (nSPS) is 10.9. The summed E-state index contributed by atoms with van der Waals surface area (Å²) in [7, 11) is 0. The fourth-order valence-corrected chi connectivity index (χ4v) is 3.81. The van der Waals surface area contributed by atoms with E-state index in [1.807, 2.05) is 102 Å². The molecule has 0 saturated carbocycles. The van der Waals surface area contributed by atoms with Gasteiger partial charge in [-0.25, -0.2) is 14.6 Å². The maximum absolute atomic E-state index is 6.11. The van der Waals surface area contributed by atoms with Crippen molar-refractivity contribution in [3.63, 3.8) is 0 Å². The first-order valence-electron chi connectivity index (χ1n) is 11.2. The van der Waals surface area contributed by atoms with Crippen LogP contribution < -0.4 is 4.74 Å². The number of nitrogens with zero attached hydrogens (tertiary/aromatic N) is 4. The molecule has 0 N–H and O–H groups in total. The molecule has 0 amide bonds. The van der Waals surface area contributed by atoms with Gasteiger partial charge < -0.3 is 9.15 Å². The van der Waals surface area contributed by atoms with E-state index in [4.69, 9.17) is 9.15 Å². The molecule has 0 bridgehead atoms. The summed E-state index contributed by atoms with van der Waals surface area (Å²) in [5.41, 5.74) is 4.68. The van der Waals surface area contributed by atoms with Crippen LogP contribution in [0, 0.1) is 0 Å². The van der Waals surface area contributed by atoms with Crippen molar-refractivity contribution in [3.8, 4) is 51.2 Å². The first-order valence-corrected chi connectivity index (χ1v) is 11.2. The minimum Gasteiger partial charge on any atom is -0.439 e. The Bertz CT molecular complexity index is 1460. The zero-order valence-corrected chi connectivity index (χ0v) is 18.7. The zero-order valence-electron chi connectivity index (χ0n) is 18.7. The third-order valence-electron chi connectivity index (χ3n) is 5.52. The molecule has 3 aromatic heterocycles. The topological polar surface area (TPSA) is 66.0 Å². The molecule has 168 valence electrons. The molecule has 0 spiro atoms. The van der Waals surface area contributed by atoms with Crippen molar-refractivity contribution in [3.05, 3.63) is 122 Å². The van der Waals surface area contributed by atoms with Gasteiger partial charge in [-0.1, -0.05) is 54.6 Å². The van der Waals surface area contributed by atoms with Crippen LogP contribution in [-0.2, 0) is 0 Å². The Hall–Kier alpha value is -4.97. The monoisotopic (exact) mass is 456 g/mol. The number of aromatic nitrogens is 4. The number of pyridine rings is 1. The number of hydrogen-bond donors (Lipinski definition) is 0. The average Bonchev–Trinajstić information content (AvgIpc) is 3.61. The van der Waals surface area contributed by atoms with Crippen molar-refractivity contribution in [2.45, 2.75) is 0 Å². The van der Waals surface area contributed by atoms with E-state index in [9.17, 15) is 0 Å². The summed E-state index contributed by atoms with van der Waals surface area (Å²) in [6.45, 7) is 0. The van der Waals surface area contributed by atoms with E-state index in [0.717, 1.165) is 27.9 Å². The zero-order chi connectivity index (χ0) is 23.5. The second-order valence-corrected chi connectivity index (χ2v) is 7.92. The summed E-state index contributed by atoms with van der Waals surface area (Å²) >= 11 is 0. The highest BCUT2D eigenvalue weighted by Gasteiger charge is 2.13. The second-order valence-electron chi connectivity index (χ2n) is 7.92. The largest absolute Gasteiger partial charge is 0.439 e. The lowest BCUT2D eigenvalue weighted by Crippen LogP contribution is -1.96. The van der Waals surface area contributed by atoms with Crippen LogP contribution in [0.3, 0.4) is 0 Å². The number of oxazole rings is 1. The van der Waals surface area contributed by atoms with Crippen LogP contribution in [0.1, 0.15) is 0 Å². The minimum atomic E-state index is 0.503. The van der Waals surface area contributed by atoms with Gasteiger partial charge in [0.05, 0.1) is 18.1 Å². The lowest BCUT2D eigenvalue weighted by atomic mass is 10.1. The van der Waals surface area contributed by atoms with Crippen molar-refractivity contribution in [1.82, 2.24) is 19.7 Å². The number of ether oxygens (including phenoxy) is 1. The van der Waals surface area contributed by atoms with Gasteiger partial charge in [0.25, 0.3) is 0 Å². The van der Waals surface area contributed by atoms with Crippen LogP contribution in [0.25, 0.3) is 39.6 Å². The number of benzene rings is 3. The first kappa shape index (κ1) is 20.6. The van der Waals surface area contributed by atoms with E-state index in [0.29, 0.717) is 23.3 Å². The summed E-state index contributed by atoms with van der Waals surface area (Å²) in [4.78, 5) is 8.77. The van der Waals surface area contributed by atoms with Gasteiger partial charge in [-0.15, -0.1) is 0 Å². The Morgan fingerprint density at radius 1 is 0.657 bits per heavy atom. The maximum Gasteiger partial charge on any atom is 0.226 e. The molecule has 3 heterocycles. The van der Waals surface area contributed by atoms with Crippen molar-refractivity contribution < 1.29 is 9.15 Å². The smallest absolute Gasteiger partial charge is 0.226 e. The molecule has 35 heavy (non-hydrogen) atoms. The molecule has 0 saturated heterocycles. The van der Waals surface area contributed by atoms with Crippen molar-refractivity contribution >= 4 is 0 Å². The highest BCUT2D eigenvalue weighted by molar-refractivity contribution is 5.67. The molecule has 0 aliphatic heterocycles. The predicted octanol–water partition coefficient (Wildman–Crippen LogP) is 7.05. The maximum atomic E-state index is 6.11. The van der Waals surface area contributed by atoms with Gasteiger partial charge in [-0.3, -0.25) is 0 Å². The van der Waals surface area contributed by atoms with Gasteiger partial charge in [0, 0.05) is 41.2 Å². The minimum absolute atomic E-state index is 0.503. The Labute approximate surface area is 202 Å². The van der Waals surface area contributed by atoms with Gasteiger partial charge in [0.2, 0.25) is 11.8 Å². The molecule has 6 heteroatoms. The summed E-state index contributed by atoms with van der Waals surface area (Å²) in [5.74, 6) is 2.31. The molecular formula is C29H20N4O2. The van der Waals surface area contributed by atoms with Gasteiger partial charge in [-0.2, -0.15) is 5.10 Å². The van der Waals surface area contributed by atoms with Crippen LogP contribution >= 0.6 is 0 Å². The first-order chi connectivity index (χ1) is 17.3. The molecule has 0 aliphatic carbocycles. The fraction of sp³-hybridized carbons (Fsp3) is 0. The summed E-state index contributed by atoms with van der Waals surface area (Å²) in [6, 6.07) is 31.4. The second kappa shape index (κ2) is 9.11. The standard InChI is InChI=1S/C29H20N4O2/c1-3-9-21(10-4-1)24-18-32-33(20-24)25-15-23(16-26(17-25)34-28-13-7-8-14-30-28)27-19-31-29(35-27)22-11-5-2-6-12-22/h1-20H. The lowest BCUT2D eigenvalue weighted by Gasteiger charge is -2.10. The third-order valence-corrected chi connectivity index (χ3v) is 5.52. The SMILES string of the molecule is c1ccc(-c2cnn(-c3cc(Oc4ccccn4)cc(-c4cnc(-c5ccccc5)o4)c3)c2)cc1. The predicted molar refractivity (Wildman–Crippen MR) is 134 cm³/mol. The molecule has 0 radical (unpaired) electrons. The Morgan fingerprint density at radius 3 is 2.20 bits per heavy atom. The summed E-state index contributed by atoms with van der Waals surface area (Å²) < 4.78 is 14.0. The molecule has 0 fully saturated rings. The highest BCUT2D eigenvalue weighted by atomic mass is 16.5. The van der Waals surface area contributed by atoms with Crippen LogP contribution in [0.15, 0.2) is 126 Å². The average molecular weight is 457 g/mol. The highest BCUT2D eigenvalue weighted by Crippen LogP contribution is 2.33. The van der Waals surface area contributed by atoms with E-state index in [1.54, 1.807) is 12.4 Å². The molecule has 6 aromatic rings. The quantitative estimate of drug-likeness (QED) is 0.269. The van der Waals surface area contributed by atoms with Crippen LogP contribution in [-0.4, -0.2) is 19.7 Å². The van der Waals surface area contributed by atoms with Crippen LogP contribution in [0.4, 0.5) is 0 Å². The van der Waals surface area contributed by atoms with Gasteiger partial charge >= 0.3 is 0 Å². The molecule has 3 aromatic carbocycles. The van der Waals surface area contributed by atoms with Crippen molar-refractivity contribution in [2.24, 2.45) is 0 Å². The van der Waals surface area contributed by atoms with Crippen molar-refractivity contribution in [1.29, 1.82) is 0 Å². The lowest BCUT2D eigenvalue weighted by molar-refractivity contribution is 0.462. The molecule has 0 atom stereocenters. The molecule has 0 aliphatic rings. The van der Waals surface area contributed by atoms with E-state index >= 15 is 0 Å². The Balaban J connectivity index is 1.41. The molecule has 6 nitrogen and oxygen atoms in total. The summed E-state index contributed by atoms with van der Waals surface area (Å²) in [5, 5.41) is 4.60. The van der Waals surface area contributed by atoms with E-state index in [-0.39, 0.29) is 0 Å².